The van der Waals surface area contributed by atoms with Gasteiger partial charge < -0.3 is 18.8 Å². The number of methoxy groups -OCH3 is 2. The summed E-state index contributed by atoms with van der Waals surface area (Å²) in [6.07, 6.45) is 7.03. The fourth-order valence-corrected chi connectivity index (χ4v) is 4.33. The van der Waals surface area contributed by atoms with Crippen molar-refractivity contribution in [2.75, 3.05) is 27.3 Å². The number of ether oxygens (including phenoxy) is 2. The molecule has 0 unspecified atom stereocenters. The van der Waals surface area contributed by atoms with Crippen LogP contribution in [0.2, 0.25) is 5.02 Å². The largest absolute Gasteiger partial charge is 0.493 e. The highest BCUT2D eigenvalue weighted by Gasteiger charge is 2.20. The first-order valence-electron chi connectivity index (χ1n) is 11.0. The van der Waals surface area contributed by atoms with Crippen LogP contribution in [0.5, 0.6) is 11.5 Å². The number of carbonyl (C=O) groups excluding carboxylic acids is 1. The fraction of sp³-hybridized carbons (Fsp3) is 0.185. The second-order valence-electron chi connectivity index (χ2n) is 8.12. The quantitative estimate of drug-likeness (QED) is 0.378. The van der Waals surface area contributed by atoms with E-state index in [1.54, 1.807) is 38.5 Å². The summed E-state index contributed by atoms with van der Waals surface area (Å²) in [5, 5.41) is 0.626. The van der Waals surface area contributed by atoms with Gasteiger partial charge in [0.1, 0.15) is 5.65 Å². The van der Waals surface area contributed by atoms with Crippen LogP contribution in [0.15, 0.2) is 73.1 Å². The Bertz CT molecular complexity index is 1390. The average Bonchev–Trinajstić information content (AvgIpc) is 3.32. The van der Waals surface area contributed by atoms with Crippen LogP contribution in [0.4, 0.5) is 0 Å². The van der Waals surface area contributed by atoms with E-state index in [9.17, 15) is 4.79 Å². The Morgan fingerprint density at radius 3 is 2.41 bits per heavy atom. The Morgan fingerprint density at radius 2 is 1.71 bits per heavy atom. The Hall–Kier alpha value is -3.77. The third-order valence-electron chi connectivity index (χ3n) is 6.09. The van der Waals surface area contributed by atoms with Gasteiger partial charge in [-0.2, -0.15) is 0 Å². The SMILES string of the molecule is COc1ccc(-c2cn3cc(C4=CCN(C(=O)c5ccc(Cl)cc5)CC4)ccc3n2)cc1OC. The van der Waals surface area contributed by atoms with Gasteiger partial charge in [0, 0.05) is 41.6 Å². The van der Waals surface area contributed by atoms with Crippen LogP contribution in [0, 0.1) is 0 Å². The van der Waals surface area contributed by atoms with Crippen molar-refractivity contribution in [1.82, 2.24) is 14.3 Å². The molecule has 34 heavy (non-hydrogen) atoms. The first kappa shape index (κ1) is 22.0. The molecule has 7 heteroatoms. The summed E-state index contributed by atoms with van der Waals surface area (Å²) < 4.78 is 12.8. The minimum Gasteiger partial charge on any atom is -0.493 e. The monoisotopic (exact) mass is 473 g/mol. The summed E-state index contributed by atoms with van der Waals surface area (Å²) >= 11 is 5.94. The zero-order valence-corrected chi connectivity index (χ0v) is 19.7. The number of nitrogens with zero attached hydrogens (tertiary/aromatic N) is 3. The van der Waals surface area contributed by atoms with E-state index in [0.29, 0.717) is 35.2 Å². The van der Waals surface area contributed by atoms with Crippen molar-refractivity contribution in [3.63, 3.8) is 0 Å². The molecule has 0 saturated carbocycles. The standard InChI is InChI=1S/C27H24ClN3O3/c1-33-24-9-5-20(15-25(24)34-2)23-17-31-16-21(6-10-26(31)29-23)18-11-13-30(14-12-18)27(32)19-3-7-22(28)8-4-19/h3-11,15-17H,12-14H2,1-2H3. The first-order valence-corrected chi connectivity index (χ1v) is 11.4. The van der Waals surface area contributed by atoms with Crippen LogP contribution in [-0.4, -0.2) is 47.5 Å². The zero-order chi connectivity index (χ0) is 23.7. The van der Waals surface area contributed by atoms with Crippen LogP contribution >= 0.6 is 11.6 Å². The van der Waals surface area contributed by atoms with Gasteiger partial charge in [-0.3, -0.25) is 4.79 Å². The predicted octanol–water partition coefficient (Wildman–Crippen LogP) is 5.60. The third-order valence-corrected chi connectivity index (χ3v) is 6.34. The Kier molecular flexibility index (Phi) is 5.99. The minimum atomic E-state index is 0.0246. The summed E-state index contributed by atoms with van der Waals surface area (Å²) in [5.74, 6) is 1.38. The number of rotatable bonds is 5. The van der Waals surface area contributed by atoms with Gasteiger partial charge >= 0.3 is 0 Å². The maximum Gasteiger partial charge on any atom is 0.254 e. The highest BCUT2D eigenvalue weighted by Crippen LogP contribution is 2.32. The van der Waals surface area contributed by atoms with E-state index in [4.69, 9.17) is 26.1 Å². The van der Waals surface area contributed by atoms with Crippen molar-refractivity contribution in [1.29, 1.82) is 0 Å². The van der Waals surface area contributed by atoms with Gasteiger partial charge in [0.25, 0.3) is 5.91 Å². The highest BCUT2D eigenvalue weighted by molar-refractivity contribution is 6.30. The molecule has 1 aliphatic heterocycles. The van der Waals surface area contributed by atoms with E-state index in [1.807, 2.05) is 39.8 Å². The van der Waals surface area contributed by atoms with Gasteiger partial charge in [-0.15, -0.1) is 0 Å². The number of benzene rings is 2. The third kappa shape index (κ3) is 4.24. The molecular weight excluding hydrogens is 450 g/mol. The summed E-state index contributed by atoms with van der Waals surface area (Å²) in [6.45, 7) is 1.25. The maximum atomic E-state index is 12.8. The molecule has 0 radical (unpaired) electrons. The van der Waals surface area contributed by atoms with Crippen molar-refractivity contribution >= 4 is 28.7 Å². The van der Waals surface area contributed by atoms with Gasteiger partial charge in [0.05, 0.1) is 19.9 Å². The van der Waals surface area contributed by atoms with Gasteiger partial charge in [-0.05, 0) is 72.2 Å². The second kappa shape index (κ2) is 9.23. The highest BCUT2D eigenvalue weighted by atomic mass is 35.5. The van der Waals surface area contributed by atoms with E-state index in [1.165, 1.54) is 5.57 Å². The number of hydrogen-bond acceptors (Lipinski definition) is 4. The summed E-state index contributed by atoms with van der Waals surface area (Å²) in [7, 11) is 3.25. The molecule has 4 aromatic rings. The summed E-state index contributed by atoms with van der Waals surface area (Å²) in [5.41, 5.74) is 5.69. The van der Waals surface area contributed by atoms with Gasteiger partial charge in [0.2, 0.25) is 0 Å². The number of halogens is 1. The van der Waals surface area contributed by atoms with Gasteiger partial charge in [-0.25, -0.2) is 4.98 Å². The smallest absolute Gasteiger partial charge is 0.254 e. The molecule has 1 aliphatic rings. The van der Waals surface area contributed by atoms with Crippen LogP contribution in [0.3, 0.4) is 0 Å². The predicted molar refractivity (Wildman–Crippen MR) is 134 cm³/mol. The molecule has 2 aromatic heterocycles. The van der Waals surface area contributed by atoms with Crippen LogP contribution < -0.4 is 9.47 Å². The van der Waals surface area contributed by atoms with Crippen LogP contribution in [0.1, 0.15) is 22.3 Å². The molecule has 5 rings (SSSR count). The molecule has 0 fully saturated rings. The number of aromatic nitrogens is 2. The maximum absolute atomic E-state index is 12.8. The second-order valence-corrected chi connectivity index (χ2v) is 8.55. The number of pyridine rings is 1. The molecule has 6 nitrogen and oxygen atoms in total. The topological polar surface area (TPSA) is 56.1 Å². The molecule has 0 aliphatic carbocycles. The number of amides is 1. The lowest BCUT2D eigenvalue weighted by atomic mass is 10.0. The minimum absolute atomic E-state index is 0.0246. The Balaban J connectivity index is 1.36. The molecule has 172 valence electrons. The van der Waals surface area contributed by atoms with Crippen molar-refractivity contribution in [3.05, 3.63) is 89.2 Å². The lowest BCUT2D eigenvalue weighted by molar-refractivity contribution is 0.0773. The number of hydrogen-bond donors (Lipinski definition) is 0. The normalized spacial score (nSPS) is 13.6. The van der Waals surface area contributed by atoms with Crippen molar-refractivity contribution in [3.8, 4) is 22.8 Å². The van der Waals surface area contributed by atoms with Crippen LogP contribution in [0.25, 0.3) is 22.5 Å². The van der Waals surface area contributed by atoms with E-state index in [2.05, 4.69) is 18.3 Å². The number of carbonyl (C=O) groups is 1. The molecule has 3 heterocycles. The van der Waals surface area contributed by atoms with Crippen molar-refractivity contribution in [2.24, 2.45) is 0 Å². The fourth-order valence-electron chi connectivity index (χ4n) is 4.21. The first-order chi connectivity index (χ1) is 16.6. The zero-order valence-electron chi connectivity index (χ0n) is 19.0. The average molecular weight is 474 g/mol. The molecule has 0 saturated heterocycles. The Labute approximate surface area is 203 Å². The molecular formula is C27H24ClN3O3. The van der Waals surface area contributed by atoms with Gasteiger partial charge in [0.15, 0.2) is 11.5 Å². The van der Waals surface area contributed by atoms with Crippen molar-refractivity contribution in [2.45, 2.75) is 6.42 Å². The Morgan fingerprint density at radius 1 is 0.941 bits per heavy atom. The molecule has 0 spiro atoms. The molecule has 2 aromatic carbocycles. The lowest BCUT2D eigenvalue weighted by Crippen LogP contribution is -2.34. The van der Waals surface area contributed by atoms with Crippen LogP contribution in [-0.2, 0) is 0 Å². The van der Waals surface area contributed by atoms with Crippen molar-refractivity contribution < 1.29 is 14.3 Å². The lowest BCUT2D eigenvalue weighted by Gasteiger charge is -2.26. The van der Waals surface area contributed by atoms with Gasteiger partial charge in [-0.1, -0.05) is 17.7 Å². The van der Waals surface area contributed by atoms with E-state index in [0.717, 1.165) is 28.9 Å². The number of imidazole rings is 1. The number of fused-ring (bicyclic) bond motifs is 1. The van der Waals surface area contributed by atoms with E-state index >= 15 is 0 Å². The molecule has 0 bridgehead atoms. The molecule has 0 atom stereocenters. The summed E-state index contributed by atoms with van der Waals surface area (Å²) in [6, 6.07) is 16.9. The van der Waals surface area contributed by atoms with E-state index < -0.39 is 0 Å². The van der Waals surface area contributed by atoms with E-state index in [-0.39, 0.29) is 5.91 Å². The molecule has 1 amide bonds. The summed E-state index contributed by atoms with van der Waals surface area (Å²) in [4.78, 5) is 19.4. The molecule has 0 N–H and O–H groups in total.